The molecule has 0 aliphatic carbocycles. The lowest BCUT2D eigenvalue weighted by molar-refractivity contribution is -0.125. The summed E-state index contributed by atoms with van der Waals surface area (Å²) in [6.07, 6.45) is 1.69. The summed E-state index contributed by atoms with van der Waals surface area (Å²) in [6.45, 7) is 3.47. The predicted octanol–water partition coefficient (Wildman–Crippen LogP) is 2.16. The van der Waals surface area contributed by atoms with Crippen LogP contribution in [0.25, 0.3) is 0 Å². The molecule has 1 aliphatic rings. The van der Waals surface area contributed by atoms with Gasteiger partial charge in [-0.25, -0.2) is 4.79 Å². The first-order chi connectivity index (χ1) is 14.6. The molecule has 1 aromatic heterocycles. The fraction of sp³-hybridized carbons (Fsp3) is 0.409. The molecule has 2 heterocycles. The van der Waals surface area contributed by atoms with Gasteiger partial charge in [-0.1, -0.05) is 18.2 Å². The summed E-state index contributed by atoms with van der Waals surface area (Å²) in [5.41, 5.74) is 1.63. The molecule has 0 radical (unpaired) electrons. The van der Waals surface area contributed by atoms with E-state index < -0.39 is 5.92 Å². The Morgan fingerprint density at radius 3 is 2.60 bits per heavy atom. The zero-order chi connectivity index (χ0) is 21.5. The second kappa shape index (κ2) is 9.96. The quantitative estimate of drug-likeness (QED) is 0.727. The Balaban J connectivity index is 1.86. The van der Waals surface area contributed by atoms with Crippen LogP contribution in [0.2, 0.25) is 0 Å². The number of hydrogen-bond donors (Lipinski definition) is 2. The molecule has 3 amide bonds. The molecule has 1 fully saturated rings. The molecule has 0 spiro atoms. The second-order valence-corrected chi connectivity index (χ2v) is 7.08. The average molecular weight is 412 g/mol. The van der Waals surface area contributed by atoms with Crippen molar-refractivity contribution in [2.24, 2.45) is 5.92 Å². The summed E-state index contributed by atoms with van der Waals surface area (Å²) in [6, 6.07) is 11.0. The van der Waals surface area contributed by atoms with Crippen molar-refractivity contribution in [2.45, 2.75) is 19.4 Å². The van der Waals surface area contributed by atoms with Crippen molar-refractivity contribution in [1.29, 1.82) is 0 Å². The number of benzene rings is 1. The van der Waals surface area contributed by atoms with Crippen molar-refractivity contribution < 1.29 is 19.1 Å². The summed E-state index contributed by atoms with van der Waals surface area (Å²) in [4.78, 5) is 31.5. The SMILES string of the molecule is CCNC(=O)N1CC(C(=O)NCc2ccccn2)C(c2cccc(OC)c2OC)C1. The van der Waals surface area contributed by atoms with E-state index in [4.69, 9.17) is 9.47 Å². The monoisotopic (exact) mass is 412 g/mol. The van der Waals surface area contributed by atoms with Crippen LogP contribution < -0.4 is 20.1 Å². The van der Waals surface area contributed by atoms with Gasteiger partial charge in [0, 0.05) is 37.3 Å². The maximum Gasteiger partial charge on any atom is 0.317 e. The van der Waals surface area contributed by atoms with E-state index >= 15 is 0 Å². The third kappa shape index (κ3) is 4.64. The Morgan fingerprint density at radius 1 is 1.10 bits per heavy atom. The van der Waals surface area contributed by atoms with Crippen molar-refractivity contribution in [3.05, 3.63) is 53.9 Å². The summed E-state index contributed by atoms with van der Waals surface area (Å²) in [5.74, 6) is 0.422. The third-order valence-corrected chi connectivity index (χ3v) is 5.27. The number of nitrogens with zero attached hydrogens (tertiary/aromatic N) is 2. The van der Waals surface area contributed by atoms with E-state index in [1.807, 2.05) is 43.3 Å². The number of likely N-dealkylation sites (tertiary alicyclic amines) is 1. The molecule has 8 heteroatoms. The minimum atomic E-state index is -0.419. The third-order valence-electron chi connectivity index (χ3n) is 5.27. The average Bonchev–Trinajstić information content (AvgIpc) is 3.23. The van der Waals surface area contributed by atoms with E-state index in [0.29, 0.717) is 37.7 Å². The number of ether oxygens (including phenoxy) is 2. The van der Waals surface area contributed by atoms with Gasteiger partial charge in [-0.2, -0.15) is 0 Å². The van der Waals surface area contributed by atoms with Crippen molar-refractivity contribution in [3.8, 4) is 11.5 Å². The van der Waals surface area contributed by atoms with Crippen molar-refractivity contribution in [2.75, 3.05) is 33.9 Å². The minimum absolute atomic E-state index is 0.123. The number of rotatable bonds is 7. The van der Waals surface area contributed by atoms with E-state index in [2.05, 4.69) is 15.6 Å². The van der Waals surface area contributed by atoms with Crippen LogP contribution >= 0.6 is 0 Å². The number of nitrogens with one attached hydrogen (secondary N) is 2. The van der Waals surface area contributed by atoms with Crippen LogP contribution in [-0.4, -0.2) is 55.7 Å². The number of amides is 3. The number of carbonyl (C=O) groups excluding carboxylic acids is 2. The van der Waals surface area contributed by atoms with Crippen LogP contribution in [0.4, 0.5) is 4.79 Å². The zero-order valence-electron chi connectivity index (χ0n) is 17.6. The summed E-state index contributed by atoms with van der Waals surface area (Å²) >= 11 is 0. The Hall–Kier alpha value is -3.29. The highest BCUT2D eigenvalue weighted by molar-refractivity contribution is 5.83. The Bertz CT molecular complexity index is 875. The molecular weight excluding hydrogens is 384 g/mol. The van der Waals surface area contributed by atoms with E-state index in [1.54, 1.807) is 25.3 Å². The topological polar surface area (TPSA) is 92.8 Å². The van der Waals surface area contributed by atoms with Crippen LogP contribution in [0.5, 0.6) is 11.5 Å². The summed E-state index contributed by atoms with van der Waals surface area (Å²) in [7, 11) is 3.16. The molecule has 8 nitrogen and oxygen atoms in total. The number of aromatic nitrogens is 1. The van der Waals surface area contributed by atoms with Gasteiger partial charge in [0.25, 0.3) is 0 Å². The first kappa shape index (κ1) is 21.4. The molecule has 2 atom stereocenters. The molecule has 0 bridgehead atoms. The molecule has 3 rings (SSSR count). The standard InChI is InChI=1S/C22H28N4O4/c1-4-23-22(28)26-13-17(16-9-7-10-19(29-2)20(16)30-3)18(14-26)21(27)25-12-15-8-5-6-11-24-15/h5-11,17-18H,4,12-14H2,1-3H3,(H,23,28)(H,25,27). The lowest BCUT2D eigenvalue weighted by atomic mass is 9.87. The van der Waals surface area contributed by atoms with Crippen LogP contribution in [0.1, 0.15) is 24.1 Å². The molecule has 1 aliphatic heterocycles. The Kier molecular flexibility index (Phi) is 7.11. The van der Waals surface area contributed by atoms with Gasteiger partial charge in [-0.3, -0.25) is 9.78 Å². The van der Waals surface area contributed by atoms with Gasteiger partial charge in [0.05, 0.1) is 32.4 Å². The van der Waals surface area contributed by atoms with Gasteiger partial charge < -0.3 is 25.0 Å². The normalized spacial score (nSPS) is 18.0. The van der Waals surface area contributed by atoms with E-state index in [9.17, 15) is 9.59 Å². The zero-order valence-corrected chi connectivity index (χ0v) is 17.6. The maximum atomic E-state index is 13.1. The van der Waals surface area contributed by atoms with Gasteiger partial charge in [-0.15, -0.1) is 0 Å². The molecular formula is C22H28N4O4. The van der Waals surface area contributed by atoms with Crippen LogP contribution in [-0.2, 0) is 11.3 Å². The van der Waals surface area contributed by atoms with E-state index in [-0.39, 0.29) is 17.9 Å². The molecule has 2 N–H and O–H groups in total. The van der Waals surface area contributed by atoms with E-state index in [1.165, 1.54) is 0 Å². The maximum absolute atomic E-state index is 13.1. The molecule has 30 heavy (non-hydrogen) atoms. The molecule has 160 valence electrons. The van der Waals surface area contributed by atoms with Crippen LogP contribution in [0.15, 0.2) is 42.6 Å². The van der Waals surface area contributed by atoms with Crippen molar-refractivity contribution in [1.82, 2.24) is 20.5 Å². The Morgan fingerprint density at radius 2 is 1.93 bits per heavy atom. The molecule has 0 saturated carbocycles. The first-order valence-electron chi connectivity index (χ1n) is 10.00. The largest absolute Gasteiger partial charge is 0.493 e. The molecule has 2 unspecified atom stereocenters. The summed E-state index contributed by atoms with van der Waals surface area (Å²) in [5, 5.41) is 5.78. The number of carbonyl (C=O) groups is 2. The molecule has 1 aromatic carbocycles. The number of pyridine rings is 1. The molecule has 1 saturated heterocycles. The van der Waals surface area contributed by atoms with Crippen LogP contribution in [0.3, 0.4) is 0 Å². The van der Waals surface area contributed by atoms with Gasteiger partial charge in [0.2, 0.25) is 5.91 Å². The van der Waals surface area contributed by atoms with Gasteiger partial charge in [0.15, 0.2) is 11.5 Å². The van der Waals surface area contributed by atoms with Gasteiger partial charge in [-0.05, 0) is 25.1 Å². The number of urea groups is 1. The van der Waals surface area contributed by atoms with Gasteiger partial charge in [0.1, 0.15) is 0 Å². The highest BCUT2D eigenvalue weighted by atomic mass is 16.5. The lowest BCUT2D eigenvalue weighted by Crippen LogP contribution is -2.39. The Labute approximate surface area is 176 Å². The smallest absolute Gasteiger partial charge is 0.317 e. The second-order valence-electron chi connectivity index (χ2n) is 7.08. The number of para-hydroxylation sites is 1. The number of hydrogen-bond acceptors (Lipinski definition) is 5. The van der Waals surface area contributed by atoms with Crippen molar-refractivity contribution >= 4 is 11.9 Å². The van der Waals surface area contributed by atoms with Gasteiger partial charge >= 0.3 is 6.03 Å². The highest BCUT2D eigenvalue weighted by Gasteiger charge is 2.41. The van der Waals surface area contributed by atoms with Crippen LogP contribution in [0, 0.1) is 5.92 Å². The fourth-order valence-electron chi connectivity index (χ4n) is 3.83. The minimum Gasteiger partial charge on any atom is -0.493 e. The van der Waals surface area contributed by atoms with Crippen molar-refractivity contribution in [3.63, 3.8) is 0 Å². The highest BCUT2D eigenvalue weighted by Crippen LogP contribution is 2.41. The first-order valence-corrected chi connectivity index (χ1v) is 10.00. The van der Waals surface area contributed by atoms with E-state index in [0.717, 1.165) is 11.3 Å². The molecule has 2 aromatic rings. The number of methoxy groups -OCH3 is 2. The summed E-state index contributed by atoms with van der Waals surface area (Å²) < 4.78 is 11.0. The fourth-order valence-corrected chi connectivity index (χ4v) is 3.83. The lowest BCUT2D eigenvalue weighted by Gasteiger charge is -2.21. The predicted molar refractivity (Wildman–Crippen MR) is 113 cm³/mol.